The Kier molecular flexibility index (Phi) is 9.36. The maximum absolute atomic E-state index is 14.5. The van der Waals surface area contributed by atoms with Gasteiger partial charge in [-0.15, -0.1) is 0 Å². The molecule has 3 N–H and O–H groups in total. The van der Waals surface area contributed by atoms with E-state index in [0.29, 0.717) is 12.3 Å². The molecule has 10 nitrogen and oxygen atoms in total. The predicted octanol–water partition coefficient (Wildman–Crippen LogP) is 1.82. The van der Waals surface area contributed by atoms with E-state index in [-0.39, 0.29) is 19.4 Å². The van der Waals surface area contributed by atoms with E-state index in [9.17, 15) is 53.9 Å². The molecule has 238 valence electrons. The standard InChI is InChI=1S/C25H34F6N4O6S/c1-23(2,3)18(34-22(39)25(29,30)31)21(38)35-11-13-9-24(27,28)10-15(13)17(35)20(37)33-14(8-16(26)42(4,40)41)7-12-5-6-32-19(12)36/h8,12-15,17-18H,5-7,9-11H2,1-4H3,(H,32,36)(H,33,37)(H,34,39)/b16-8-/t12-,13+,14+,15+,17+,18+/m1/s1. The summed E-state index contributed by atoms with van der Waals surface area (Å²) >= 11 is 0. The van der Waals surface area contributed by atoms with Gasteiger partial charge in [0.1, 0.15) is 12.1 Å². The number of halogens is 6. The molecule has 1 aliphatic carbocycles. The summed E-state index contributed by atoms with van der Waals surface area (Å²) in [4.78, 5) is 52.0. The molecule has 3 fully saturated rings. The van der Waals surface area contributed by atoms with Gasteiger partial charge in [-0.3, -0.25) is 19.2 Å². The maximum Gasteiger partial charge on any atom is 0.471 e. The minimum atomic E-state index is -5.33. The summed E-state index contributed by atoms with van der Waals surface area (Å²) in [5.74, 6) is -11.0. The van der Waals surface area contributed by atoms with Crippen LogP contribution in [0.4, 0.5) is 26.3 Å². The molecule has 0 spiro atoms. The lowest BCUT2D eigenvalue weighted by atomic mass is 9.85. The lowest BCUT2D eigenvalue weighted by Crippen LogP contribution is -2.60. The third kappa shape index (κ3) is 7.75. The van der Waals surface area contributed by atoms with Crippen LogP contribution in [0.25, 0.3) is 0 Å². The van der Waals surface area contributed by atoms with Crippen LogP contribution in [-0.2, 0) is 29.0 Å². The van der Waals surface area contributed by atoms with Crippen molar-refractivity contribution in [3.8, 4) is 0 Å². The number of amides is 4. The van der Waals surface area contributed by atoms with Crippen molar-refractivity contribution in [2.75, 3.05) is 19.3 Å². The maximum atomic E-state index is 14.5. The lowest BCUT2D eigenvalue weighted by Gasteiger charge is -2.37. The first-order chi connectivity index (χ1) is 19.0. The summed E-state index contributed by atoms with van der Waals surface area (Å²) in [6.45, 7) is 3.97. The molecule has 42 heavy (non-hydrogen) atoms. The first-order valence-corrected chi connectivity index (χ1v) is 15.1. The van der Waals surface area contributed by atoms with Gasteiger partial charge < -0.3 is 20.9 Å². The fourth-order valence-electron chi connectivity index (χ4n) is 5.78. The summed E-state index contributed by atoms with van der Waals surface area (Å²) in [6.07, 6.45) is -5.67. The van der Waals surface area contributed by atoms with Crippen molar-refractivity contribution in [1.29, 1.82) is 0 Å². The number of fused-ring (bicyclic) bond motifs is 1. The molecule has 0 radical (unpaired) electrons. The Morgan fingerprint density at radius 3 is 2.26 bits per heavy atom. The minimum Gasteiger partial charge on any atom is -0.356 e. The number of hydrogen-bond donors (Lipinski definition) is 3. The Labute approximate surface area is 238 Å². The summed E-state index contributed by atoms with van der Waals surface area (Å²) in [6, 6.07) is -4.87. The van der Waals surface area contributed by atoms with E-state index in [1.165, 1.54) is 20.8 Å². The summed E-state index contributed by atoms with van der Waals surface area (Å²) in [5.41, 5.74) is -1.31. The van der Waals surface area contributed by atoms with Crippen LogP contribution in [-0.4, -0.2) is 86.5 Å². The van der Waals surface area contributed by atoms with Gasteiger partial charge in [-0.25, -0.2) is 17.2 Å². The zero-order valence-electron chi connectivity index (χ0n) is 23.4. The molecule has 17 heteroatoms. The lowest BCUT2D eigenvalue weighted by molar-refractivity contribution is -0.176. The molecule has 2 aliphatic heterocycles. The van der Waals surface area contributed by atoms with Crippen molar-refractivity contribution < 1.29 is 53.9 Å². The number of rotatable bonds is 8. The van der Waals surface area contributed by atoms with Gasteiger partial charge >= 0.3 is 12.1 Å². The van der Waals surface area contributed by atoms with Gasteiger partial charge in [0.15, 0.2) is 0 Å². The SMILES string of the molecule is CC(C)(C)[C@@H](NC(=O)C(F)(F)F)C(=O)N1C[C@@H]2CC(F)(F)C[C@@H]2[C@H]1C(=O)N[C@H](/C=C(/F)S(C)(=O)=O)C[C@H]1CCNC1=O. The third-order valence-corrected chi connectivity index (χ3v) is 8.63. The highest BCUT2D eigenvalue weighted by molar-refractivity contribution is 7.94. The van der Waals surface area contributed by atoms with E-state index in [0.717, 1.165) is 4.90 Å². The number of nitrogens with zero attached hydrogens (tertiary/aromatic N) is 1. The largest absolute Gasteiger partial charge is 0.471 e. The Morgan fingerprint density at radius 2 is 1.76 bits per heavy atom. The third-order valence-electron chi connectivity index (χ3n) is 7.79. The highest BCUT2D eigenvalue weighted by atomic mass is 32.2. The Bertz CT molecular complexity index is 1250. The van der Waals surface area contributed by atoms with Gasteiger partial charge in [-0.05, 0) is 36.2 Å². The summed E-state index contributed by atoms with van der Waals surface area (Å²) in [5, 5.41) is 4.95. The van der Waals surface area contributed by atoms with Crippen LogP contribution < -0.4 is 16.0 Å². The number of alkyl halides is 5. The Hall–Kier alpha value is -2.85. The van der Waals surface area contributed by atoms with Crippen LogP contribution in [0, 0.1) is 23.2 Å². The topological polar surface area (TPSA) is 142 Å². The van der Waals surface area contributed by atoms with Crippen LogP contribution >= 0.6 is 0 Å². The molecule has 2 saturated heterocycles. The molecule has 0 unspecified atom stereocenters. The predicted molar refractivity (Wildman–Crippen MR) is 136 cm³/mol. The zero-order valence-corrected chi connectivity index (χ0v) is 24.2. The van der Waals surface area contributed by atoms with Crippen molar-refractivity contribution >= 4 is 33.5 Å². The van der Waals surface area contributed by atoms with Gasteiger partial charge in [-0.1, -0.05) is 20.8 Å². The molecule has 2 heterocycles. The summed E-state index contributed by atoms with van der Waals surface area (Å²) in [7, 11) is -4.36. The molecule has 6 atom stereocenters. The van der Waals surface area contributed by atoms with E-state index in [2.05, 4.69) is 10.6 Å². The van der Waals surface area contributed by atoms with Crippen molar-refractivity contribution in [2.24, 2.45) is 23.2 Å². The van der Waals surface area contributed by atoms with Crippen molar-refractivity contribution in [2.45, 2.75) is 76.7 Å². The average Bonchev–Trinajstić information content (AvgIpc) is 3.45. The fraction of sp³-hybridized carbons (Fsp3) is 0.760. The molecule has 0 aromatic rings. The second-order valence-corrected chi connectivity index (χ2v) is 14.2. The van der Waals surface area contributed by atoms with E-state index in [4.69, 9.17) is 0 Å². The number of nitrogens with one attached hydrogen (secondary N) is 3. The Morgan fingerprint density at radius 1 is 1.14 bits per heavy atom. The molecule has 3 aliphatic rings. The molecule has 0 aromatic heterocycles. The number of carbonyl (C=O) groups is 4. The van der Waals surface area contributed by atoms with Gasteiger partial charge in [0, 0.05) is 38.1 Å². The molecule has 1 saturated carbocycles. The molecular weight excluding hydrogens is 598 g/mol. The second-order valence-electron chi connectivity index (χ2n) is 12.3. The van der Waals surface area contributed by atoms with Crippen LogP contribution in [0.2, 0.25) is 0 Å². The Balaban J connectivity index is 1.97. The number of hydrogen-bond acceptors (Lipinski definition) is 6. The number of sulfone groups is 1. The normalized spacial score (nSPS) is 27.7. The minimum absolute atomic E-state index is 0.252. The highest BCUT2D eigenvalue weighted by Crippen LogP contribution is 2.50. The first-order valence-electron chi connectivity index (χ1n) is 13.2. The van der Waals surface area contributed by atoms with E-state index in [1.807, 2.05) is 0 Å². The van der Waals surface area contributed by atoms with Gasteiger partial charge in [-0.2, -0.15) is 17.6 Å². The number of likely N-dealkylation sites (tertiary alicyclic amines) is 1. The average molecular weight is 633 g/mol. The van der Waals surface area contributed by atoms with Crippen LogP contribution in [0.1, 0.15) is 46.5 Å². The van der Waals surface area contributed by atoms with Gasteiger partial charge in [0.25, 0.3) is 0 Å². The van der Waals surface area contributed by atoms with Gasteiger partial charge in [0.05, 0.1) is 6.04 Å². The van der Waals surface area contributed by atoms with Crippen molar-refractivity contribution in [3.05, 3.63) is 11.2 Å². The molecule has 3 rings (SSSR count). The summed E-state index contributed by atoms with van der Waals surface area (Å²) < 4.78 is 106. The molecule has 4 amide bonds. The zero-order chi connectivity index (χ0) is 32.0. The molecular formula is C25H34F6N4O6S. The first kappa shape index (κ1) is 33.6. The van der Waals surface area contributed by atoms with Crippen LogP contribution in [0.5, 0.6) is 0 Å². The number of carbonyl (C=O) groups excluding carboxylic acids is 4. The van der Waals surface area contributed by atoms with E-state index < -0.39 is 111 Å². The van der Waals surface area contributed by atoms with Crippen LogP contribution in [0.15, 0.2) is 11.2 Å². The second kappa shape index (κ2) is 11.7. The van der Waals surface area contributed by atoms with E-state index in [1.54, 1.807) is 5.32 Å². The highest BCUT2D eigenvalue weighted by Gasteiger charge is 2.59. The molecule has 0 aromatic carbocycles. The fourth-order valence-corrected chi connectivity index (χ4v) is 6.19. The smallest absolute Gasteiger partial charge is 0.356 e. The van der Waals surface area contributed by atoms with Crippen molar-refractivity contribution in [3.63, 3.8) is 0 Å². The monoisotopic (exact) mass is 632 g/mol. The quantitative estimate of drug-likeness (QED) is 0.349. The molecule has 0 bridgehead atoms. The van der Waals surface area contributed by atoms with Gasteiger partial charge in [0.2, 0.25) is 38.6 Å². The van der Waals surface area contributed by atoms with E-state index >= 15 is 0 Å². The van der Waals surface area contributed by atoms with Crippen LogP contribution in [0.3, 0.4) is 0 Å². The van der Waals surface area contributed by atoms with Crippen molar-refractivity contribution in [1.82, 2.24) is 20.9 Å².